The van der Waals surface area contributed by atoms with Crippen molar-refractivity contribution in [1.82, 2.24) is 9.97 Å². The van der Waals surface area contributed by atoms with Gasteiger partial charge in [0.15, 0.2) is 0 Å². The minimum absolute atomic E-state index is 0. The van der Waals surface area contributed by atoms with Crippen LogP contribution >= 0.6 is 0 Å². The van der Waals surface area contributed by atoms with Crippen LogP contribution in [0.2, 0.25) is 0 Å². The Morgan fingerprint density at radius 2 is 1.46 bits per heavy atom. The zero-order valence-corrected chi connectivity index (χ0v) is 32.2. The standard InChI is InChI=1S/C31H26NO.C16H17FN.Ir/c1-19-18-32-27(16-22(19)17-31(2,3)4)26-11-7-10-24-25-15-14-21-13-12-20-8-5-6-9-23(20)28(21)30(25)33-29(24)26;1-11-10-18-15(9-14(11)16(2,3)4)12-5-7-13(17)8-6-12;/h5-10,12-16,18H,17H2,1-4H3;5,7-10H,1-4H3;/q2*-1;/i1D3,17D2;1D3;. The number of benzene rings is 5. The Morgan fingerprint density at radius 3 is 2.19 bits per heavy atom. The van der Waals surface area contributed by atoms with Crippen molar-refractivity contribution in [1.29, 1.82) is 0 Å². The first kappa shape index (κ1) is 27.9. The van der Waals surface area contributed by atoms with Gasteiger partial charge < -0.3 is 14.4 Å². The number of furan rings is 1. The maximum absolute atomic E-state index is 13.0. The van der Waals surface area contributed by atoms with Crippen LogP contribution in [-0.2, 0) is 31.9 Å². The quantitative estimate of drug-likeness (QED) is 0.131. The van der Waals surface area contributed by atoms with E-state index in [4.69, 9.17) is 15.4 Å². The molecule has 3 nitrogen and oxygen atoms in total. The van der Waals surface area contributed by atoms with Crippen molar-refractivity contribution in [3.8, 4) is 22.5 Å². The van der Waals surface area contributed by atoms with E-state index < -0.39 is 25.5 Å². The molecule has 5 heteroatoms. The first-order chi connectivity index (χ1) is 27.5. The van der Waals surface area contributed by atoms with Gasteiger partial charge in [-0.25, -0.2) is 0 Å². The van der Waals surface area contributed by atoms with Crippen molar-refractivity contribution in [3.05, 3.63) is 144 Å². The van der Waals surface area contributed by atoms with E-state index in [0.717, 1.165) is 37.9 Å². The molecule has 0 aliphatic rings. The van der Waals surface area contributed by atoms with Gasteiger partial charge >= 0.3 is 0 Å². The van der Waals surface area contributed by atoms with Crippen LogP contribution in [0.4, 0.5) is 4.39 Å². The van der Waals surface area contributed by atoms with Crippen LogP contribution in [0.3, 0.4) is 0 Å². The molecule has 0 spiro atoms. The molecule has 0 aliphatic heterocycles. The van der Waals surface area contributed by atoms with E-state index in [-0.39, 0.29) is 48.0 Å². The first-order valence-corrected chi connectivity index (χ1v) is 16.8. The fraction of sp³-hybridized carbons (Fsp3) is 0.234. The van der Waals surface area contributed by atoms with Crippen molar-refractivity contribution >= 4 is 43.5 Å². The van der Waals surface area contributed by atoms with Crippen LogP contribution in [0.25, 0.3) is 66.0 Å². The number of rotatable bonds is 3. The molecule has 265 valence electrons. The third-order valence-corrected chi connectivity index (χ3v) is 8.74. The monoisotopic (exact) mass is 871 g/mol. The Labute approximate surface area is 330 Å². The van der Waals surface area contributed by atoms with E-state index in [1.165, 1.54) is 24.5 Å². The van der Waals surface area contributed by atoms with Crippen molar-refractivity contribution in [2.45, 2.75) is 67.0 Å². The van der Waals surface area contributed by atoms with Crippen LogP contribution in [0.5, 0.6) is 0 Å². The summed E-state index contributed by atoms with van der Waals surface area (Å²) < 4.78 is 84.2. The van der Waals surface area contributed by atoms with E-state index in [0.29, 0.717) is 33.7 Å². The second-order valence-corrected chi connectivity index (χ2v) is 14.8. The van der Waals surface area contributed by atoms with Gasteiger partial charge in [0.2, 0.25) is 0 Å². The van der Waals surface area contributed by atoms with E-state index >= 15 is 0 Å². The fourth-order valence-corrected chi connectivity index (χ4v) is 6.36. The smallest absolute Gasteiger partial charge is 0.129 e. The van der Waals surface area contributed by atoms with Crippen molar-refractivity contribution in [2.24, 2.45) is 5.41 Å². The van der Waals surface area contributed by atoms with Gasteiger partial charge in [0.1, 0.15) is 5.58 Å². The number of pyridine rings is 2. The fourth-order valence-electron chi connectivity index (χ4n) is 6.36. The minimum Gasteiger partial charge on any atom is -0.500 e. The minimum atomic E-state index is -2.51. The van der Waals surface area contributed by atoms with E-state index in [9.17, 15) is 4.39 Å². The molecular formula is C47H43FIrN2O-2. The van der Waals surface area contributed by atoms with E-state index in [2.05, 4.69) is 58.5 Å². The molecular weight excluding hydrogens is 820 g/mol. The SMILES string of the molecule is [2H]C([2H])([2H])c1cnc(-c2[c-]cc(F)cc2)cc1C(C)(C)C.[2H]C([2H])([2H])c1cnc(-c2[c-]ccc3c2oc2c3ccc3ccc4ccccc4c32)cc1C([2H])([2H])C(C)(C)C.[Ir]. The van der Waals surface area contributed by atoms with Gasteiger partial charge in [-0.15, -0.1) is 48.0 Å². The summed E-state index contributed by atoms with van der Waals surface area (Å²) in [4.78, 5) is 8.69. The summed E-state index contributed by atoms with van der Waals surface area (Å²) >= 11 is 0. The Bertz CT molecular complexity index is 2870. The van der Waals surface area contributed by atoms with E-state index in [1.807, 2.05) is 39.0 Å². The van der Waals surface area contributed by atoms with Crippen LogP contribution in [0.1, 0.15) is 74.8 Å². The molecule has 0 saturated heterocycles. The van der Waals surface area contributed by atoms with E-state index in [1.54, 1.807) is 45.0 Å². The molecule has 0 bridgehead atoms. The Balaban J connectivity index is 0.000000234. The van der Waals surface area contributed by atoms with Gasteiger partial charge in [-0.3, -0.25) is 4.39 Å². The van der Waals surface area contributed by atoms with Gasteiger partial charge in [-0.2, -0.15) is 0 Å². The second-order valence-electron chi connectivity index (χ2n) is 14.8. The normalized spacial score (nSPS) is 14.9. The molecule has 52 heavy (non-hydrogen) atoms. The number of aromatic nitrogens is 2. The number of nitrogens with zero attached hydrogens (tertiary/aromatic N) is 2. The van der Waals surface area contributed by atoms with Crippen LogP contribution in [0, 0.1) is 37.1 Å². The topological polar surface area (TPSA) is 38.9 Å². The first-order valence-electron chi connectivity index (χ1n) is 20.8. The predicted molar refractivity (Wildman–Crippen MR) is 211 cm³/mol. The average molecular weight is 871 g/mol. The molecule has 3 aromatic heterocycles. The molecule has 0 fully saturated rings. The number of hydrogen-bond acceptors (Lipinski definition) is 3. The molecule has 0 atom stereocenters. The number of aryl methyl sites for hydroxylation is 2. The molecule has 8 rings (SSSR count). The maximum Gasteiger partial charge on any atom is 0.129 e. The predicted octanol–water partition coefficient (Wildman–Crippen LogP) is 12.9. The Morgan fingerprint density at radius 1 is 0.750 bits per heavy atom. The average Bonchev–Trinajstić information content (AvgIpc) is 3.55. The summed E-state index contributed by atoms with van der Waals surface area (Å²) in [5.41, 5.74) is 3.36. The summed E-state index contributed by atoms with van der Waals surface area (Å²) in [7, 11) is 0. The molecule has 0 saturated carbocycles. The molecule has 0 N–H and O–H groups in total. The molecule has 3 heterocycles. The molecule has 1 radical (unpaired) electrons. The summed E-state index contributed by atoms with van der Waals surface area (Å²) in [5.74, 6) is -0.367. The van der Waals surface area contributed by atoms with Crippen molar-refractivity contribution in [3.63, 3.8) is 0 Å². The van der Waals surface area contributed by atoms with Gasteiger partial charge in [0.05, 0.1) is 5.58 Å². The third-order valence-electron chi connectivity index (χ3n) is 8.74. The molecule has 5 aromatic carbocycles. The molecule has 8 aromatic rings. The van der Waals surface area contributed by atoms with Crippen molar-refractivity contribution in [2.75, 3.05) is 0 Å². The van der Waals surface area contributed by atoms with Crippen LogP contribution in [-0.4, -0.2) is 9.97 Å². The number of halogens is 1. The second kappa shape index (κ2) is 14.4. The zero-order chi connectivity index (χ0) is 42.9. The van der Waals surface area contributed by atoms with Gasteiger partial charge in [-0.05, 0) is 75.1 Å². The van der Waals surface area contributed by atoms with Crippen molar-refractivity contribution < 1.29 is 39.9 Å². The van der Waals surface area contributed by atoms with Gasteiger partial charge in [0, 0.05) is 60.1 Å². The summed E-state index contributed by atoms with van der Waals surface area (Å²) in [6.45, 7) is 6.43. The van der Waals surface area contributed by atoms with Crippen LogP contribution in [0.15, 0.2) is 108 Å². The number of hydrogen-bond donors (Lipinski definition) is 0. The van der Waals surface area contributed by atoms with Crippen LogP contribution < -0.4 is 0 Å². The Kier molecular flexibility index (Phi) is 7.71. The molecule has 0 unspecified atom stereocenters. The Hall–Kier alpha value is -4.70. The maximum atomic E-state index is 13.0. The third kappa shape index (κ3) is 7.44. The number of fused-ring (bicyclic) bond motifs is 7. The summed E-state index contributed by atoms with van der Waals surface area (Å²) in [6.07, 6.45) is 0.741. The molecule has 0 aliphatic carbocycles. The van der Waals surface area contributed by atoms with Gasteiger partial charge in [-0.1, -0.05) is 119 Å². The molecule has 0 amide bonds. The van der Waals surface area contributed by atoms with Gasteiger partial charge in [0.25, 0.3) is 0 Å². The zero-order valence-electron chi connectivity index (χ0n) is 37.8. The summed E-state index contributed by atoms with van der Waals surface area (Å²) in [5, 5.41) is 6.17. The summed E-state index contributed by atoms with van der Waals surface area (Å²) in [6, 6.07) is 33.8. The largest absolute Gasteiger partial charge is 0.500 e.